The molecule has 0 aliphatic carbocycles. The van der Waals surface area contributed by atoms with Gasteiger partial charge in [0, 0.05) is 13.1 Å². The van der Waals surface area contributed by atoms with Gasteiger partial charge in [0.15, 0.2) is 0 Å². The number of aryl methyl sites for hydroxylation is 1. The quantitative estimate of drug-likeness (QED) is 0.802. The number of nitrogens with zero attached hydrogens (tertiary/aromatic N) is 3. The normalized spacial score (nSPS) is 16.7. The molecule has 1 aliphatic heterocycles. The van der Waals surface area contributed by atoms with E-state index in [0.717, 1.165) is 24.8 Å². The molecule has 1 fully saturated rings. The molecule has 2 heterocycles. The van der Waals surface area contributed by atoms with Crippen LogP contribution in [-0.4, -0.2) is 41.5 Å². The standard InChI is InChI=1S/C20H28N4O3S/c1-15(18-10-6-4-7-11-18)21-19(25)14-24-17(3)20(16(2)22-24)28(26,27)23-12-8-5-9-13-23/h4,6-7,10-11,15H,5,8-9,12-14H2,1-3H3,(H,21,25)/t15-/m0/s1. The maximum absolute atomic E-state index is 13.1. The van der Waals surface area contributed by atoms with E-state index < -0.39 is 10.0 Å². The average molecular weight is 405 g/mol. The van der Waals surface area contributed by atoms with Crippen LogP contribution in [0.5, 0.6) is 0 Å². The minimum absolute atomic E-state index is 0.0145. The Hall–Kier alpha value is -2.19. The molecule has 3 rings (SSSR count). The molecule has 0 saturated carbocycles. The number of amides is 1. The summed E-state index contributed by atoms with van der Waals surface area (Å²) in [5.74, 6) is -0.205. The van der Waals surface area contributed by atoms with Gasteiger partial charge in [-0.15, -0.1) is 0 Å². The van der Waals surface area contributed by atoms with Gasteiger partial charge < -0.3 is 5.32 Å². The first-order chi connectivity index (χ1) is 13.3. The van der Waals surface area contributed by atoms with E-state index in [1.165, 1.54) is 8.99 Å². The number of carbonyl (C=O) groups excluding carboxylic acids is 1. The van der Waals surface area contributed by atoms with E-state index in [0.29, 0.717) is 24.5 Å². The van der Waals surface area contributed by atoms with Crippen molar-refractivity contribution in [1.82, 2.24) is 19.4 Å². The molecule has 1 aromatic heterocycles. The summed E-state index contributed by atoms with van der Waals surface area (Å²) in [4.78, 5) is 12.7. The molecule has 2 aromatic rings. The lowest BCUT2D eigenvalue weighted by atomic mass is 10.1. The van der Waals surface area contributed by atoms with Gasteiger partial charge in [-0.1, -0.05) is 36.8 Å². The van der Waals surface area contributed by atoms with Crippen LogP contribution in [-0.2, 0) is 21.4 Å². The molecule has 28 heavy (non-hydrogen) atoms. The fourth-order valence-corrected chi connectivity index (χ4v) is 5.58. The van der Waals surface area contributed by atoms with Crippen molar-refractivity contribution in [2.24, 2.45) is 0 Å². The van der Waals surface area contributed by atoms with Gasteiger partial charge >= 0.3 is 0 Å². The maximum Gasteiger partial charge on any atom is 0.246 e. The van der Waals surface area contributed by atoms with Gasteiger partial charge in [-0.3, -0.25) is 9.48 Å². The second kappa shape index (κ2) is 8.45. The molecule has 1 amide bonds. The highest BCUT2D eigenvalue weighted by Crippen LogP contribution is 2.26. The zero-order chi connectivity index (χ0) is 20.3. The Bertz CT molecular complexity index is 932. The van der Waals surface area contributed by atoms with Crippen LogP contribution >= 0.6 is 0 Å². The Morgan fingerprint density at radius 2 is 1.79 bits per heavy atom. The van der Waals surface area contributed by atoms with E-state index in [4.69, 9.17) is 0 Å². The third-order valence-electron chi connectivity index (χ3n) is 5.20. The molecule has 1 N–H and O–H groups in total. The predicted molar refractivity (Wildman–Crippen MR) is 107 cm³/mol. The van der Waals surface area contributed by atoms with Gasteiger partial charge in [0.2, 0.25) is 15.9 Å². The molecule has 0 unspecified atom stereocenters. The Labute approximate surface area is 166 Å². The smallest absolute Gasteiger partial charge is 0.246 e. The number of nitrogens with one attached hydrogen (secondary N) is 1. The van der Waals surface area contributed by atoms with Gasteiger partial charge in [-0.25, -0.2) is 8.42 Å². The molecule has 8 heteroatoms. The fourth-order valence-electron chi connectivity index (χ4n) is 3.69. The summed E-state index contributed by atoms with van der Waals surface area (Å²) < 4.78 is 29.1. The van der Waals surface area contributed by atoms with E-state index in [1.54, 1.807) is 13.8 Å². The highest BCUT2D eigenvalue weighted by Gasteiger charge is 2.32. The highest BCUT2D eigenvalue weighted by atomic mass is 32.2. The largest absolute Gasteiger partial charge is 0.348 e. The van der Waals surface area contributed by atoms with Crippen molar-refractivity contribution >= 4 is 15.9 Å². The van der Waals surface area contributed by atoms with Gasteiger partial charge in [-0.05, 0) is 39.2 Å². The van der Waals surface area contributed by atoms with Gasteiger partial charge in [0.05, 0.1) is 17.4 Å². The van der Waals surface area contributed by atoms with Crippen LogP contribution < -0.4 is 5.32 Å². The summed E-state index contributed by atoms with van der Waals surface area (Å²) in [6.07, 6.45) is 2.82. The monoisotopic (exact) mass is 404 g/mol. The van der Waals surface area contributed by atoms with Crippen LogP contribution in [0.25, 0.3) is 0 Å². The number of benzene rings is 1. The Morgan fingerprint density at radius 3 is 2.43 bits per heavy atom. The molecule has 0 bridgehead atoms. The lowest BCUT2D eigenvalue weighted by Crippen LogP contribution is -2.36. The van der Waals surface area contributed by atoms with Gasteiger partial charge in [-0.2, -0.15) is 9.40 Å². The molecular formula is C20H28N4O3S. The van der Waals surface area contributed by atoms with E-state index in [9.17, 15) is 13.2 Å². The zero-order valence-electron chi connectivity index (χ0n) is 16.7. The maximum atomic E-state index is 13.1. The molecule has 0 radical (unpaired) electrons. The summed E-state index contributed by atoms with van der Waals surface area (Å²) in [6.45, 7) is 6.39. The molecule has 0 spiro atoms. The first-order valence-corrected chi connectivity index (χ1v) is 11.1. The highest BCUT2D eigenvalue weighted by molar-refractivity contribution is 7.89. The fraction of sp³-hybridized carbons (Fsp3) is 0.500. The SMILES string of the molecule is Cc1nn(CC(=O)N[C@@H](C)c2ccccc2)c(C)c1S(=O)(=O)N1CCCCC1. The van der Waals surface area contributed by atoms with E-state index in [2.05, 4.69) is 10.4 Å². The molecule has 1 aromatic carbocycles. The van der Waals surface area contributed by atoms with Crippen molar-refractivity contribution in [3.63, 3.8) is 0 Å². The molecule has 1 atom stereocenters. The van der Waals surface area contributed by atoms with E-state index in [-0.39, 0.29) is 23.4 Å². The second-order valence-corrected chi connectivity index (χ2v) is 9.20. The molecule has 152 valence electrons. The lowest BCUT2D eigenvalue weighted by molar-refractivity contribution is -0.122. The minimum Gasteiger partial charge on any atom is -0.348 e. The number of hydrogen-bond acceptors (Lipinski definition) is 4. The molecule has 1 saturated heterocycles. The summed E-state index contributed by atoms with van der Waals surface area (Å²) >= 11 is 0. The van der Waals surface area contributed by atoms with Crippen molar-refractivity contribution in [1.29, 1.82) is 0 Å². The van der Waals surface area contributed by atoms with Crippen LogP contribution in [0, 0.1) is 13.8 Å². The number of carbonyl (C=O) groups is 1. The lowest BCUT2D eigenvalue weighted by Gasteiger charge is -2.26. The number of rotatable bonds is 6. The Balaban J connectivity index is 1.75. The first kappa shape index (κ1) is 20.5. The summed E-state index contributed by atoms with van der Waals surface area (Å²) in [7, 11) is -3.59. The number of hydrogen-bond donors (Lipinski definition) is 1. The predicted octanol–water partition coefficient (Wildman–Crippen LogP) is 2.55. The summed E-state index contributed by atoms with van der Waals surface area (Å²) in [6, 6.07) is 9.56. The molecule has 7 nitrogen and oxygen atoms in total. The number of aromatic nitrogens is 2. The first-order valence-electron chi connectivity index (χ1n) is 9.69. The van der Waals surface area contributed by atoms with Crippen molar-refractivity contribution in [2.75, 3.05) is 13.1 Å². The third-order valence-corrected chi connectivity index (χ3v) is 7.35. The van der Waals surface area contributed by atoms with Crippen LogP contribution in [0.2, 0.25) is 0 Å². The van der Waals surface area contributed by atoms with Crippen molar-refractivity contribution in [3.05, 3.63) is 47.3 Å². The topological polar surface area (TPSA) is 84.3 Å². The van der Waals surface area contributed by atoms with Crippen LogP contribution in [0.1, 0.15) is 49.2 Å². The van der Waals surface area contributed by atoms with E-state index >= 15 is 0 Å². The molecule has 1 aliphatic rings. The zero-order valence-corrected chi connectivity index (χ0v) is 17.5. The Morgan fingerprint density at radius 1 is 1.14 bits per heavy atom. The summed E-state index contributed by atoms with van der Waals surface area (Å²) in [5.41, 5.74) is 1.95. The van der Waals surface area contributed by atoms with Gasteiger partial charge in [0.25, 0.3) is 0 Å². The van der Waals surface area contributed by atoms with Crippen LogP contribution in [0.3, 0.4) is 0 Å². The summed E-state index contributed by atoms with van der Waals surface area (Å²) in [5, 5.41) is 7.28. The number of sulfonamides is 1. The van der Waals surface area contributed by atoms with Crippen molar-refractivity contribution in [3.8, 4) is 0 Å². The van der Waals surface area contributed by atoms with Crippen LogP contribution in [0.15, 0.2) is 35.2 Å². The van der Waals surface area contributed by atoms with Gasteiger partial charge in [0.1, 0.15) is 11.4 Å². The third kappa shape index (κ3) is 4.28. The minimum atomic E-state index is -3.59. The second-order valence-electron chi connectivity index (χ2n) is 7.32. The Kier molecular flexibility index (Phi) is 6.20. The van der Waals surface area contributed by atoms with Crippen LogP contribution in [0.4, 0.5) is 0 Å². The average Bonchev–Trinajstić information content (AvgIpc) is 2.96. The number of piperidine rings is 1. The van der Waals surface area contributed by atoms with Crippen molar-refractivity contribution in [2.45, 2.75) is 57.5 Å². The van der Waals surface area contributed by atoms with Crippen molar-refractivity contribution < 1.29 is 13.2 Å². The van der Waals surface area contributed by atoms with E-state index in [1.807, 2.05) is 37.3 Å². The molecular weight excluding hydrogens is 376 g/mol.